The Kier molecular flexibility index (Phi) is 3.30. The van der Waals surface area contributed by atoms with Crippen LogP contribution in [0.15, 0.2) is 23.3 Å². The Morgan fingerprint density at radius 1 is 1.14 bits per heavy atom. The van der Waals surface area contributed by atoms with Crippen molar-refractivity contribution in [3.05, 3.63) is 34.4 Å². The third-order valence-corrected chi connectivity index (χ3v) is 3.95. The van der Waals surface area contributed by atoms with Gasteiger partial charge in [-0.25, -0.2) is 0 Å². The molecule has 6 heteroatoms. The quantitative estimate of drug-likeness (QED) is 0.892. The predicted octanol–water partition coefficient (Wildman–Crippen LogP) is 1.51. The summed E-state index contributed by atoms with van der Waals surface area (Å²) in [5.41, 5.74) is 1.03. The van der Waals surface area contributed by atoms with Crippen LogP contribution in [0.3, 0.4) is 0 Å². The molecule has 0 radical (unpaired) electrons. The van der Waals surface area contributed by atoms with E-state index in [0.717, 1.165) is 0 Å². The number of Topliss-reactive ketones (excluding diaryl/α,β-unsaturated/α-hetero) is 2. The number of hydrogen-bond acceptors (Lipinski definition) is 6. The minimum atomic E-state index is -1.45. The van der Waals surface area contributed by atoms with E-state index >= 15 is 0 Å². The van der Waals surface area contributed by atoms with Gasteiger partial charge in [0.1, 0.15) is 11.5 Å². The Morgan fingerprint density at radius 3 is 2.50 bits per heavy atom. The topological polar surface area (TPSA) is 82.1 Å². The third kappa shape index (κ3) is 2.12. The number of carbonyl (C=O) groups is 2. The zero-order valence-corrected chi connectivity index (χ0v) is 12.6. The highest BCUT2D eigenvalue weighted by molar-refractivity contribution is 6.28. The third-order valence-electron chi connectivity index (χ3n) is 3.95. The minimum Gasteiger partial charge on any atom is -0.497 e. The normalized spacial score (nSPS) is 24.0. The molecule has 0 bridgehead atoms. The van der Waals surface area contributed by atoms with E-state index < -0.39 is 5.79 Å². The van der Waals surface area contributed by atoms with Gasteiger partial charge in [-0.2, -0.15) is 0 Å². The average Bonchev–Trinajstić information content (AvgIpc) is 2.50. The van der Waals surface area contributed by atoms with Crippen LogP contribution in [0, 0.1) is 0 Å². The second-order valence-corrected chi connectivity index (χ2v) is 5.51. The largest absolute Gasteiger partial charge is 0.497 e. The number of fused-ring (bicyclic) bond motifs is 1. The molecule has 1 aliphatic heterocycles. The van der Waals surface area contributed by atoms with Crippen molar-refractivity contribution in [3.8, 4) is 11.5 Å². The van der Waals surface area contributed by atoms with Crippen molar-refractivity contribution in [2.24, 2.45) is 0 Å². The summed E-state index contributed by atoms with van der Waals surface area (Å²) in [7, 11) is 2.90. The molecule has 0 spiro atoms. The van der Waals surface area contributed by atoms with Gasteiger partial charge in [-0.15, -0.1) is 0 Å². The van der Waals surface area contributed by atoms with Crippen molar-refractivity contribution < 1.29 is 28.9 Å². The van der Waals surface area contributed by atoms with Crippen molar-refractivity contribution in [2.45, 2.75) is 19.1 Å². The van der Waals surface area contributed by atoms with Crippen LogP contribution < -0.4 is 9.47 Å². The summed E-state index contributed by atoms with van der Waals surface area (Å²) in [6.07, 6.45) is -0.0220. The Morgan fingerprint density at radius 2 is 1.86 bits per heavy atom. The van der Waals surface area contributed by atoms with Gasteiger partial charge in [0.2, 0.25) is 0 Å². The van der Waals surface area contributed by atoms with E-state index in [4.69, 9.17) is 14.2 Å². The van der Waals surface area contributed by atoms with E-state index in [1.165, 1.54) is 27.2 Å². The summed E-state index contributed by atoms with van der Waals surface area (Å²) in [4.78, 5) is 25.4. The first kappa shape index (κ1) is 14.7. The standard InChI is InChI=1S/C16H16O6/c1-16(19)6-10-11(7-22-16)15(18)13-9(14(10)17)4-8(20-2)5-12(13)21-3/h4-5,19H,6-7H2,1-3H3/t16-/m0/s1. The lowest BCUT2D eigenvalue weighted by Gasteiger charge is -2.33. The van der Waals surface area contributed by atoms with Gasteiger partial charge in [-0.1, -0.05) is 0 Å². The molecule has 1 atom stereocenters. The maximum absolute atomic E-state index is 12.7. The van der Waals surface area contributed by atoms with Gasteiger partial charge in [-0.05, 0) is 13.0 Å². The highest BCUT2D eigenvalue weighted by atomic mass is 16.6. The fourth-order valence-corrected chi connectivity index (χ4v) is 2.82. The van der Waals surface area contributed by atoms with Crippen molar-refractivity contribution in [1.82, 2.24) is 0 Å². The maximum atomic E-state index is 12.7. The molecule has 0 saturated heterocycles. The van der Waals surface area contributed by atoms with Crippen molar-refractivity contribution >= 4 is 11.6 Å². The number of benzene rings is 1. The van der Waals surface area contributed by atoms with Gasteiger partial charge >= 0.3 is 0 Å². The smallest absolute Gasteiger partial charge is 0.196 e. The van der Waals surface area contributed by atoms with Gasteiger partial charge < -0.3 is 19.3 Å². The van der Waals surface area contributed by atoms with Crippen LogP contribution >= 0.6 is 0 Å². The SMILES string of the molecule is COc1cc(OC)c2c(c1)C(=O)C1=C(CO[C@](C)(O)C1)C2=O. The molecule has 3 rings (SSSR count). The Labute approximate surface area is 127 Å². The molecule has 6 nitrogen and oxygen atoms in total. The molecular formula is C16H16O6. The molecule has 2 aliphatic rings. The lowest BCUT2D eigenvalue weighted by atomic mass is 9.80. The number of aliphatic hydroxyl groups is 1. The molecule has 1 N–H and O–H groups in total. The highest BCUT2D eigenvalue weighted by Gasteiger charge is 2.41. The van der Waals surface area contributed by atoms with E-state index in [0.29, 0.717) is 11.3 Å². The van der Waals surface area contributed by atoms with Crippen LogP contribution in [0.4, 0.5) is 0 Å². The summed E-state index contributed by atoms with van der Waals surface area (Å²) in [6.45, 7) is 1.37. The minimum absolute atomic E-state index is 0.0220. The summed E-state index contributed by atoms with van der Waals surface area (Å²) in [5, 5.41) is 10.00. The molecular weight excluding hydrogens is 288 g/mol. The first-order valence-electron chi connectivity index (χ1n) is 6.81. The van der Waals surface area contributed by atoms with Crippen molar-refractivity contribution in [2.75, 3.05) is 20.8 Å². The number of ether oxygens (including phenoxy) is 3. The van der Waals surface area contributed by atoms with Crippen LogP contribution in [-0.4, -0.2) is 43.3 Å². The first-order chi connectivity index (χ1) is 10.4. The molecule has 0 unspecified atom stereocenters. The number of hydrogen-bond donors (Lipinski definition) is 1. The van der Waals surface area contributed by atoms with Crippen LogP contribution in [0.1, 0.15) is 34.1 Å². The average molecular weight is 304 g/mol. The fourth-order valence-electron chi connectivity index (χ4n) is 2.82. The first-order valence-corrected chi connectivity index (χ1v) is 6.81. The molecule has 1 aliphatic carbocycles. The summed E-state index contributed by atoms with van der Waals surface area (Å²) in [6, 6.07) is 3.08. The zero-order valence-electron chi connectivity index (χ0n) is 12.6. The lowest BCUT2D eigenvalue weighted by Crippen LogP contribution is -2.39. The van der Waals surface area contributed by atoms with Gasteiger partial charge in [0.05, 0.1) is 26.4 Å². The van der Waals surface area contributed by atoms with Crippen molar-refractivity contribution in [1.29, 1.82) is 0 Å². The zero-order chi connectivity index (χ0) is 16.1. The second-order valence-electron chi connectivity index (χ2n) is 5.51. The van der Waals surface area contributed by atoms with E-state index in [9.17, 15) is 14.7 Å². The number of ketones is 2. The Balaban J connectivity index is 2.20. The van der Waals surface area contributed by atoms with Gasteiger partial charge in [0.25, 0.3) is 0 Å². The second kappa shape index (κ2) is 4.93. The fraction of sp³-hybridized carbons (Fsp3) is 0.375. The van der Waals surface area contributed by atoms with Gasteiger partial charge in [0.15, 0.2) is 17.4 Å². The molecule has 1 heterocycles. The molecule has 0 amide bonds. The highest BCUT2D eigenvalue weighted by Crippen LogP contribution is 2.40. The Bertz CT molecular complexity index is 714. The maximum Gasteiger partial charge on any atom is 0.196 e. The summed E-state index contributed by atoms with van der Waals surface area (Å²) in [5.74, 6) is -1.34. The van der Waals surface area contributed by atoms with Gasteiger partial charge in [-0.3, -0.25) is 9.59 Å². The van der Waals surface area contributed by atoms with E-state index in [-0.39, 0.29) is 47.0 Å². The molecule has 0 fully saturated rings. The van der Waals surface area contributed by atoms with Gasteiger partial charge in [0, 0.05) is 29.2 Å². The monoisotopic (exact) mass is 304 g/mol. The summed E-state index contributed by atoms with van der Waals surface area (Å²) >= 11 is 0. The molecule has 0 aromatic heterocycles. The van der Waals surface area contributed by atoms with Crippen LogP contribution in [0.25, 0.3) is 0 Å². The van der Waals surface area contributed by atoms with E-state index in [1.807, 2.05) is 0 Å². The van der Waals surface area contributed by atoms with E-state index in [1.54, 1.807) is 6.07 Å². The van der Waals surface area contributed by atoms with Crippen LogP contribution in [0.2, 0.25) is 0 Å². The van der Waals surface area contributed by atoms with Crippen molar-refractivity contribution in [3.63, 3.8) is 0 Å². The number of methoxy groups -OCH3 is 2. The van der Waals surface area contributed by atoms with E-state index in [2.05, 4.69) is 0 Å². The van der Waals surface area contributed by atoms with Crippen LogP contribution in [0.5, 0.6) is 11.5 Å². The number of carbonyl (C=O) groups excluding carboxylic acids is 2. The molecule has 22 heavy (non-hydrogen) atoms. The Hall–Kier alpha value is -2.18. The lowest BCUT2D eigenvalue weighted by molar-refractivity contribution is -0.187. The molecule has 116 valence electrons. The summed E-state index contributed by atoms with van der Waals surface area (Å²) < 4.78 is 15.6. The predicted molar refractivity (Wildman–Crippen MR) is 76.4 cm³/mol. The molecule has 1 aromatic rings. The number of rotatable bonds is 2. The molecule has 1 aromatic carbocycles. The van der Waals surface area contributed by atoms with Crippen LogP contribution in [-0.2, 0) is 4.74 Å². The molecule has 0 saturated carbocycles.